The smallest absolute Gasteiger partial charge is 0.254 e. The van der Waals surface area contributed by atoms with Crippen LogP contribution in [0.3, 0.4) is 0 Å². The second kappa shape index (κ2) is 6.02. The minimum Gasteiger partial charge on any atom is -0.335 e. The number of benzene rings is 1. The fourth-order valence-electron chi connectivity index (χ4n) is 2.40. The average molecular weight is 258 g/mol. The Bertz CT molecular complexity index is 537. The largest absolute Gasteiger partial charge is 0.335 e. The van der Waals surface area contributed by atoms with E-state index in [9.17, 15) is 9.59 Å². The number of nitrogens with zero attached hydrogens (tertiary/aromatic N) is 4. The molecular formula is C13H14N4O2. The van der Waals surface area contributed by atoms with E-state index in [-0.39, 0.29) is 11.9 Å². The van der Waals surface area contributed by atoms with Crippen LogP contribution >= 0.6 is 0 Å². The van der Waals surface area contributed by atoms with E-state index in [1.807, 2.05) is 0 Å². The maximum absolute atomic E-state index is 12.5. The Kier molecular flexibility index (Phi) is 4.15. The van der Waals surface area contributed by atoms with Crippen molar-refractivity contribution in [3.8, 4) is 0 Å². The summed E-state index contributed by atoms with van der Waals surface area (Å²) in [6.45, 7) is 0.641. The maximum atomic E-state index is 12.5. The highest BCUT2D eigenvalue weighted by Crippen LogP contribution is 2.26. The van der Waals surface area contributed by atoms with Gasteiger partial charge in [-0.3, -0.25) is 4.79 Å². The Labute approximate surface area is 110 Å². The summed E-state index contributed by atoms with van der Waals surface area (Å²) in [5, 5.41) is 3.53. The van der Waals surface area contributed by atoms with Gasteiger partial charge in [-0.2, -0.15) is 0 Å². The van der Waals surface area contributed by atoms with E-state index in [4.69, 9.17) is 5.53 Å². The fourth-order valence-corrected chi connectivity index (χ4v) is 2.40. The molecule has 1 aromatic rings. The number of hydrogen-bond donors (Lipinski definition) is 0. The van der Waals surface area contributed by atoms with Crippen LogP contribution in [0, 0.1) is 0 Å². The third-order valence-electron chi connectivity index (χ3n) is 3.29. The summed E-state index contributed by atoms with van der Waals surface area (Å²) >= 11 is 0. The molecule has 0 N–H and O–H groups in total. The van der Waals surface area contributed by atoms with Gasteiger partial charge in [-0.1, -0.05) is 23.3 Å². The van der Waals surface area contributed by atoms with Gasteiger partial charge in [0, 0.05) is 29.5 Å². The number of carbonyl (C=O) groups excluding carboxylic acids is 2. The third-order valence-corrected chi connectivity index (χ3v) is 3.29. The predicted molar refractivity (Wildman–Crippen MR) is 70.0 cm³/mol. The van der Waals surface area contributed by atoms with E-state index < -0.39 is 0 Å². The zero-order chi connectivity index (χ0) is 13.7. The van der Waals surface area contributed by atoms with Gasteiger partial charge in [0.2, 0.25) is 0 Å². The maximum Gasteiger partial charge on any atom is 0.254 e. The second-order valence-electron chi connectivity index (χ2n) is 4.40. The van der Waals surface area contributed by atoms with Crippen LogP contribution in [0.4, 0.5) is 5.69 Å². The van der Waals surface area contributed by atoms with Crippen molar-refractivity contribution in [1.82, 2.24) is 4.90 Å². The van der Waals surface area contributed by atoms with Crippen molar-refractivity contribution in [3.63, 3.8) is 0 Å². The molecule has 98 valence electrons. The molecule has 0 unspecified atom stereocenters. The first-order valence-electron chi connectivity index (χ1n) is 6.16. The van der Waals surface area contributed by atoms with Crippen LogP contribution in [-0.2, 0) is 4.79 Å². The van der Waals surface area contributed by atoms with E-state index in [1.54, 1.807) is 29.2 Å². The number of hydrogen-bond acceptors (Lipinski definition) is 3. The number of likely N-dealkylation sites (tertiary alicyclic amines) is 1. The quantitative estimate of drug-likeness (QED) is 0.360. The molecule has 1 saturated heterocycles. The first kappa shape index (κ1) is 13.1. The molecular weight excluding hydrogens is 244 g/mol. The lowest BCUT2D eigenvalue weighted by atomic mass is 10.1. The number of carbonyl (C=O) groups is 2. The van der Waals surface area contributed by atoms with Crippen molar-refractivity contribution < 1.29 is 9.59 Å². The van der Waals surface area contributed by atoms with Crippen LogP contribution in [0.25, 0.3) is 10.4 Å². The Morgan fingerprint density at radius 2 is 2.32 bits per heavy atom. The number of rotatable bonds is 4. The summed E-state index contributed by atoms with van der Waals surface area (Å²) in [4.78, 5) is 27.5. The van der Waals surface area contributed by atoms with Crippen molar-refractivity contribution in [2.24, 2.45) is 5.11 Å². The highest BCUT2D eigenvalue weighted by Gasteiger charge is 2.29. The minimum atomic E-state index is -0.174. The van der Waals surface area contributed by atoms with Gasteiger partial charge in [0.05, 0.1) is 5.69 Å². The molecule has 1 aliphatic rings. The van der Waals surface area contributed by atoms with Crippen LogP contribution in [0.5, 0.6) is 0 Å². The van der Waals surface area contributed by atoms with Gasteiger partial charge in [-0.25, -0.2) is 0 Å². The van der Waals surface area contributed by atoms with E-state index in [0.29, 0.717) is 24.2 Å². The molecule has 0 aliphatic carbocycles. The molecule has 0 spiro atoms. The summed E-state index contributed by atoms with van der Waals surface area (Å²) in [7, 11) is 0. The molecule has 6 nitrogen and oxygen atoms in total. The summed E-state index contributed by atoms with van der Waals surface area (Å²) < 4.78 is 0. The Hall–Kier alpha value is -2.33. The lowest BCUT2D eigenvalue weighted by Gasteiger charge is -2.23. The van der Waals surface area contributed by atoms with Crippen LogP contribution < -0.4 is 0 Å². The monoisotopic (exact) mass is 258 g/mol. The number of aldehydes is 1. The Balaban J connectivity index is 2.28. The Morgan fingerprint density at radius 1 is 1.53 bits per heavy atom. The lowest BCUT2D eigenvalue weighted by molar-refractivity contribution is -0.108. The van der Waals surface area contributed by atoms with Gasteiger partial charge in [0.25, 0.3) is 5.91 Å². The Morgan fingerprint density at radius 3 is 3.05 bits per heavy atom. The molecule has 19 heavy (non-hydrogen) atoms. The summed E-state index contributed by atoms with van der Waals surface area (Å²) in [6, 6.07) is 6.66. The predicted octanol–water partition coefficient (Wildman–Crippen LogP) is 2.82. The SMILES string of the molecule is [N-]=[N+]=Nc1ccccc1C(=O)N1CCC[C@H]1CC=O. The first-order chi connectivity index (χ1) is 9.27. The van der Waals surface area contributed by atoms with Crippen molar-refractivity contribution in [2.45, 2.75) is 25.3 Å². The zero-order valence-corrected chi connectivity index (χ0v) is 10.4. The highest BCUT2D eigenvalue weighted by molar-refractivity contribution is 5.99. The highest BCUT2D eigenvalue weighted by atomic mass is 16.2. The normalized spacial score (nSPS) is 17.9. The molecule has 1 aliphatic heterocycles. The van der Waals surface area contributed by atoms with Gasteiger partial charge in [0.15, 0.2) is 0 Å². The minimum absolute atomic E-state index is 0.0379. The lowest BCUT2D eigenvalue weighted by Crippen LogP contribution is -2.35. The summed E-state index contributed by atoms with van der Waals surface area (Å²) in [5.74, 6) is -0.174. The average Bonchev–Trinajstić information content (AvgIpc) is 2.88. The second-order valence-corrected chi connectivity index (χ2v) is 4.40. The molecule has 0 aromatic heterocycles. The summed E-state index contributed by atoms with van der Waals surface area (Å²) in [5.41, 5.74) is 9.23. The van der Waals surface area contributed by atoms with Crippen molar-refractivity contribution >= 4 is 17.9 Å². The van der Waals surface area contributed by atoms with Crippen molar-refractivity contribution in [3.05, 3.63) is 40.3 Å². The molecule has 2 rings (SSSR count). The van der Waals surface area contributed by atoms with E-state index in [1.165, 1.54) is 0 Å². The van der Waals surface area contributed by atoms with Gasteiger partial charge in [-0.05, 0) is 24.4 Å². The molecule has 0 bridgehead atoms. The van der Waals surface area contributed by atoms with Gasteiger partial charge in [0.1, 0.15) is 6.29 Å². The van der Waals surface area contributed by atoms with E-state index >= 15 is 0 Å². The van der Waals surface area contributed by atoms with Crippen molar-refractivity contribution in [2.75, 3.05) is 6.54 Å². The summed E-state index contributed by atoms with van der Waals surface area (Å²) in [6.07, 6.45) is 2.94. The molecule has 0 radical (unpaired) electrons. The van der Waals surface area contributed by atoms with E-state index in [2.05, 4.69) is 10.0 Å². The van der Waals surface area contributed by atoms with Gasteiger partial charge >= 0.3 is 0 Å². The topological polar surface area (TPSA) is 86.1 Å². The molecule has 1 amide bonds. The molecule has 1 atom stereocenters. The van der Waals surface area contributed by atoms with Crippen LogP contribution in [-0.4, -0.2) is 29.7 Å². The third kappa shape index (κ3) is 2.74. The number of amides is 1. The van der Waals surface area contributed by atoms with Crippen molar-refractivity contribution in [1.29, 1.82) is 0 Å². The molecule has 1 fully saturated rings. The fraction of sp³-hybridized carbons (Fsp3) is 0.385. The molecule has 1 aromatic carbocycles. The van der Waals surface area contributed by atoms with Crippen LogP contribution in [0.2, 0.25) is 0 Å². The van der Waals surface area contributed by atoms with E-state index in [0.717, 1.165) is 19.1 Å². The zero-order valence-electron chi connectivity index (χ0n) is 10.4. The number of azide groups is 1. The standard InChI is InChI=1S/C13H14N4O2/c14-16-15-12-6-2-1-5-11(12)13(19)17-8-3-4-10(17)7-9-18/h1-2,5-6,9-10H,3-4,7-8H2/t10-/m0/s1. The first-order valence-corrected chi connectivity index (χ1v) is 6.16. The van der Waals surface area contributed by atoms with Gasteiger partial charge < -0.3 is 9.69 Å². The van der Waals surface area contributed by atoms with Crippen LogP contribution in [0.1, 0.15) is 29.6 Å². The van der Waals surface area contributed by atoms with Crippen LogP contribution in [0.15, 0.2) is 29.4 Å². The molecule has 0 saturated carbocycles. The molecule has 1 heterocycles. The van der Waals surface area contributed by atoms with Gasteiger partial charge in [-0.15, -0.1) is 0 Å². The molecule has 6 heteroatoms.